The molecule has 0 heterocycles. The second kappa shape index (κ2) is 55.1. The van der Waals surface area contributed by atoms with Gasteiger partial charge in [0.2, 0.25) is 0 Å². The third-order valence-corrected chi connectivity index (χ3v) is 8.84. The van der Waals surface area contributed by atoms with Crippen LogP contribution < -0.4 is 15.9 Å². The van der Waals surface area contributed by atoms with Crippen molar-refractivity contribution in [3.05, 3.63) is 24.3 Å². The molecule has 6 heteroatoms. The summed E-state index contributed by atoms with van der Waals surface area (Å²) in [5.74, 6) is -1.83. The third kappa shape index (κ3) is 65.7. The minimum absolute atomic E-state index is 0. The summed E-state index contributed by atoms with van der Waals surface area (Å²) in [5.41, 5.74) is 5.34. The van der Waals surface area contributed by atoms with Crippen molar-refractivity contribution in [1.82, 2.24) is 0 Å². The van der Waals surface area contributed by atoms with Crippen molar-refractivity contribution in [1.29, 1.82) is 0 Å². The molecule has 0 unspecified atom stereocenters. The van der Waals surface area contributed by atoms with E-state index in [1.165, 1.54) is 167 Å². The second-order valence-corrected chi connectivity index (χ2v) is 14.0. The molecule has 0 rings (SSSR count). The van der Waals surface area contributed by atoms with Gasteiger partial charge in [-0.3, -0.25) is 0 Å². The molecule has 0 bridgehead atoms. The minimum Gasteiger partial charge on any atom is -0.550 e. The average molecular weight is 805 g/mol. The standard InChI is InChI=1S/2C18H34O2.C8H19N.Cd/c2*1-2-3-4-5-6-7-8-9-10-11-12-13-14-15-16-17-18(19)20;1-2-3-4-5-6-7-8-9;/h2*9-10H,2-8,11-17H2,1H3,(H,19,20);2-9H2,1H3;/q;;;+2/p-2/b2*10-9-;;. The van der Waals surface area contributed by atoms with E-state index in [1.54, 1.807) is 0 Å². The van der Waals surface area contributed by atoms with Gasteiger partial charge in [-0.05, 0) is 90.0 Å². The van der Waals surface area contributed by atoms with Gasteiger partial charge in [0.25, 0.3) is 0 Å². The topological polar surface area (TPSA) is 106 Å². The summed E-state index contributed by atoms with van der Waals surface area (Å²) in [6.07, 6.45) is 49.8. The van der Waals surface area contributed by atoms with Crippen LogP contribution in [0.2, 0.25) is 0 Å². The number of carbonyl (C=O) groups is 2. The zero-order valence-corrected chi connectivity index (χ0v) is 38.0. The van der Waals surface area contributed by atoms with Crippen LogP contribution in [-0.2, 0) is 36.9 Å². The number of hydrogen-bond donors (Lipinski definition) is 1. The summed E-state index contributed by atoms with van der Waals surface area (Å²) >= 11 is 0. The molecule has 0 fully saturated rings. The Labute approximate surface area is 333 Å². The number of hydrogen-bond acceptors (Lipinski definition) is 5. The van der Waals surface area contributed by atoms with Gasteiger partial charge in [0.15, 0.2) is 0 Å². The maximum absolute atomic E-state index is 10.2. The monoisotopic (exact) mass is 806 g/mol. The van der Waals surface area contributed by atoms with E-state index >= 15 is 0 Å². The molecule has 0 aromatic heterocycles. The van der Waals surface area contributed by atoms with Gasteiger partial charge in [-0.2, -0.15) is 0 Å². The van der Waals surface area contributed by atoms with Gasteiger partial charge >= 0.3 is 27.3 Å². The summed E-state index contributed by atoms with van der Waals surface area (Å²) in [7, 11) is 0. The van der Waals surface area contributed by atoms with Gasteiger partial charge in [-0.25, -0.2) is 0 Å². The molecular formula is C44H85CdNO4. The molecule has 0 aromatic carbocycles. The Kier molecular flexibility index (Phi) is 61.7. The maximum Gasteiger partial charge on any atom is 2.00 e. The van der Waals surface area contributed by atoms with Crippen LogP contribution in [0.1, 0.15) is 239 Å². The number of carboxylic acids is 2. The van der Waals surface area contributed by atoms with E-state index in [-0.39, 0.29) is 40.1 Å². The molecule has 0 amide bonds. The van der Waals surface area contributed by atoms with Crippen LogP contribution in [0.5, 0.6) is 0 Å². The minimum atomic E-state index is -0.914. The van der Waals surface area contributed by atoms with E-state index < -0.39 is 11.9 Å². The van der Waals surface area contributed by atoms with E-state index in [9.17, 15) is 19.8 Å². The first-order valence-electron chi connectivity index (χ1n) is 21.4. The van der Waals surface area contributed by atoms with Crippen molar-refractivity contribution in [2.24, 2.45) is 5.73 Å². The molecular weight excluding hydrogens is 719 g/mol. The smallest absolute Gasteiger partial charge is 0.550 e. The van der Waals surface area contributed by atoms with Crippen LogP contribution >= 0.6 is 0 Å². The first-order chi connectivity index (χ1) is 24.0. The van der Waals surface area contributed by atoms with E-state index in [0.29, 0.717) is 0 Å². The first-order valence-corrected chi connectivity index (χ1v) is 21.4. The fraction of sp³-hybridized carbons (Fsp3) is 0.864. The van der Waals surface area contributed by atoms with E-state index in [2.05, 4.69) is 45.1 Å². The van der Waals surface area contributed by atoms with E-state index in [4.69, 9.17) is 5.73 Å². The van der Waals surface area contributed by atoms with Crippen LogP contribution in [0.15, 0.2) is 24.3 Å². The molecule has 0 saturated carbocycles. The molecule has 0 aromatic rings. The van der Waals surface area contributed by atoms with Crippen molar-refractivity contribution < 1.29 is 47.1 Å². The predicted octanol–water partition coefficient (Wildman–Crippen LogP) is 11.9. The molecule has 0 aliphatic rings. The summed E-state index contributed by atoms with van der Waals surface area (Å²) in [6.45, 7) is 7.62. The van der Waals surface area contributed by atoms with Crippen molar-refractivity contribution in [3.63, 3.8) is 0 Å². The number of rotatable bonds is 36. The number of nitrogens with two attached hydrogens (primary N) is 1. The quantitative estimate of drug-likeness (QED) is 0.0386. The summed E-state index contributed by atoms with van der Waals surface area (Å²) in [6, 6.07) is 0. The third-order valence-electron chi connectivity index (χ3n) is 8.84. The van der Waals surface area contributed by atoms with Crippen molar-refractivity contribution in [2.45, 2.75) is 239 Å². The van der Waals surface area contributed by atoms with Crippen LogP contribution in [0.4, 0.5) is 0 Å². The van der Waals surface area contributed by atoms with Gasteiger partial charge in [-0.1, -0.05) is 180 Å². The van der Waals surface area contributed by atoms with Gasteiger partial charge in [0.05, 0.1) is 0 Å². The van der Waals surface area contributed by atoms with Gasteiger partial charge < -0.3 is 25.5 Å². The fourth-order valence-electron chi connectivity index (χ4n) is 5.60. The van der Waals surface area contributed by atoms with Crippen LogP contribution in [-0.4, -0.2) is 18.5 Å². The van der Waals surface area contributed by atoms with Crippen molar-refractivity contribution >= 4 is 11.9 Å². The van der Waals surface area contributed by atoms with E-state index in [1.807, 2.05) is 0 Å². The molecule has 0 aliphatic carbocycles. The Morgan fingerprint density at radius 1 is 0.380 bits per heavy atom. The average Bonchev–Trinajstić information content (AvgIpc) is 3.08. The van der Waals surface area contributed by atoms with Crippen LogP contribution in [0, 0.1) is 0 Å². The first kappa shape index (κ1) is 56.0. The number of unbranched alkanes of at least 4 members (excludes halogenated alkanes) is 27. The normalized spacial score (nSPS) is 10.8. The number of carboxylic acid groups (broad SMARTS) is 2. The Morgan fingerprint density at radius 3 is 0.840 bits per heavy atom. The number of carbonyl (C=O) groups excluding carboxylic acids is 2. The molecule has 0 radical (unpaired) electrons. The van der Waals surface area contributed by atoms with Crippen molar-refractivity contribution in [3.8, 4) is 0 Å². The van der Waals surface area contributed by atoms with Gasteiger partial charge in [0.1, 0.15) is 0 Å². The van der Waals surface area contributed by atoms with Crippen molar-refractivity contribution in [2.75, 3.05) is 6.54 Å². The molecule has 5 nitrogen and oxygen atoms in total. The predicted molar refractivity (Wildman–Crippen MR) is 211 cm³/mol. The zero-order valence-electron chi connectivity index (χ0n) is 34.0. The molecule has 0 saturated heterocycles. The van der Waals surface area contributed by atoms with Crippen LogP contribution in [0.3, 0.4) is 0 Å². The molecule has 0 aliphatic heterocycles. The Morgan fingerprint density at radius 2 is 0.600 bits per heavy atom. The summed E-state index contributed by atoms with van der Waals surface area (Å²) < 4.78 is 0. The molecule has 50 heavy (non-hydrogen) atoms. The molecule has 0 spiro atoms. The SMILES string of the molecule is CCCCCCCC/C=C\CCCCCCCC(=O)[O-].CCCCCCCC/C=C\CCCCCCCC(=O)[O-].CCCCCCCCN.[Cd+2]. The number of allylic oxidation sites excluding steroid dienone is 4. The largest absolute Gasteiger partial charge is 2.00 e. The molecule has 0 atom stereocenters. The Balaban J connectivity index is -0.000000336. The molecule has 2 N–H and O–H groups in total. The maximum atomic E-state index is 10.2. The van der Waals surface area contributed by atoms with Gasteiger partial charge in [0, 0.05) is 11.9 Å². The fourth-order valence-corrected chi connectivity index (χ4v) is 5.60. The molecule has 292 valence electrons. The van der Waals surface area contributed by atoms with Crippen LogP contribution in [0.25, 0.3) is 0 Å². The Hall–Kier alpha value is -0.698. The summed E-state index contributed by atoms with van der Waals surface area (Å²) in [5, 5.41) is 20.4. The Bertz CT molecular complexity index is 627. The van der Waals surface area contributed by atoms with Gasteiger partial charge in [-0.15, -0.1) is 0 Å². The second-order valence-electron chi connectivity index (χ2n) is 14.0. The van der Waals surface area contributed by atoms with E-state index in [0.717, 1.165) is 45.1 Å². The zero-order chi connectivity index (χ0) is 36.7. The number of aliphatic carboxylic acids is 2. The summed E-state index contributed by atoms with van der Waals surface area (Å²) in [4.78, 5) is 20.4.